The molecule has 1 aromatic carbocycles. The van der Waals surface area contributed by atoms with E-state index >= 15 is 0 Å². The summed E-state index contributed by atoms with van der Waals surface area (Å²) in [6, 6.07) is 16.7. The lowest BCUT2D eigenvalue weighted by Crippen LogP contribution is -2.47. The van der Waals surface area contributed by atoms with Gasteiger partial charge in [0.2, 0.25) is 0 Å². The van der Waals surface area contributed by atoms with Gasteiger partial charge in [0.25, 0.3) is 11.8 Å². The minimum Gasteiger partial charge on any atom is -0.494 e. The molecule has 5 rings (SSSR count). The minimum atomic E-state index is -0.312. The minimum absolute atomic E-state index is 0.0998. The second-order valence-corrected chi connectivity index (χ2v) is 8.12. The van der Waals surface area contributed by atoms with Gasteiger partial charge in [-0.3, -0.25) is 14.5 Å². The van der Waals surface area contributed by atoms with E-state index in [1.165, 1.54) is 4.90 Å². The number of carbonyl (C=O) groups is 2. The van der Waals surface area contributed by atoms with Crippen molar-refractivity contribution in [3.05, 3.63) is 84.1 Å². The molecular weight excluding hydrogens is 432 g/mol. The standard InChI is InChI=1S/C26H26N4O4/c1-2-33-20-10-8-19(9-11-20)23-24(26(32)30(25(23)31)18-21-6-5-17-34-21)29-15-13-28(14-16-29)22-7-3-4-12-27-22/h3-12,17H,2,13-16,18H2,1H3. The molecule has 2 aliphatic heterocycles. The highest BCUT2D eigenvalue weighted by Gasteiger charge is 2.42. The van der Waals surface area contributed by atoms with Gasteiger partial charge in [0.15, 0.2) is 0 Å². The van der Waals surface area contributed by atoms with Crippen molar-refractivity contribution in [3.8, 4) is 5.75 Å². The molecule has 2 aliphatic rings. The summed E-state index contributed by atoms with van der Waals surface area (Å²) in [5.41, 5.74) is 1.57. The van der Waals surface area contributed by atoms with Crippen LogP contribution in [0.25, 0.3) is 5.57 Å². The smallest absolute Gasteiger partial charge is 0.278 e. The van der Waals surface area contributed by atoms with Crippen molar-refractivity contribution in [3.63, 3.8) is 0 Å². The predicted octanol–water partition coefficient (Wildman–Crippen LogP) is 3.18. The lowest BCUT2D eigenvalue weighted by atomic mass is 10.0. The summed E-state index contributed by atoms with van der Waals surface area (Å²) in [5, 5.41) is 0. The van der Waals surface area contributed by atoms with E-state index in [-0.39, 0.29) is 18.4 Å². The van der Waals surface area contributed by atoms with Crippen molar-refractivity contribution < 1.29 is 18.7 Å². The van der Waals surface area contributed by atoms with Gasteiger partial charge in [-0.15, -0.1) is 0 Å². The van der Waals surface area contributed by atoms with Gasteiger partial charge in [-0.05, 0) is 48.9 Å². The molecule has 0 spiro atoms. The molecule has 2 aromatic heterocycles. The van der Waals surface area contributed by atoms with Crippen molar-refractivity contribution in [2.75, 3.05) is 37.7 Å². The lowest BCUT2D eigenvalue weighted by molar-refractivity contribution is -0.138. The van der Waals surface area contributed by atoms with Crippen LogP contribution in [0.3, 0.4) is 0 Å². The Morgan fingerprint density at radius 1 is 0.912 bits per heavy atom. The SMILES string of the molecule is CCOc1ccc(C2=C(N3CCN(c4ccccn4)CC3)C(=O)N(Cc3ccco3)C2=O)cc1. The Kier molecular flexibility index (Phi) is 6.03. The molecule has 34 heavy (non-hydrogen) atoms. The van der Waals surface area contributed by atoms with Gasteiger partial charge in [0.05, 0.1) is 25.0 Å². The van der Waals surface area contributed by atoms with E-state index in [2.05, 4.69) is 9.88 Å². The van der Waals surface area contributed by atoms with Crippen molar-refractivity contribution in [2.45, 2.75) is 13.5 Å². The second kappa shape index (κ2) is 9.43. The van der Waals surface area contributed by atoms with Crippen LogP contribution in [0.2, 0.25) is 0 Å². The summed E-state index contributed by atoms with van der Waals surface area (Å²) in [4.78, 5) is 37.0. The third-order valence-corrected chi connectivity index (χ3v) is 6.06. The van der Waals surface area contributed by atoms with Gasteiger partial charge in [-0.25, -0.2) is 4.98 Å². The Morgan fingerprint density at radius 2 is 1.68 bits per heavy atom. The summed E-state index contributed by atoms with van der Waals surface area (Å²) < 4.78 is 11.0. The molecule has 4 heterocycles. The monoisotopic (exact) mass is 458 g/mol. The zero-order valence-corrected chi connectivity index (χ0v) is 19.0. The average Bonchev–Trinajstić information content (AvgIpc) is 3.48. The third kappa shape index (κ3) is 4.14. The molecule has 3 aromatic rings. The first kappa shape index (κ1) is 21.8. The lowest BCUT2D eigenvalue weighted by Gasteiger charge is -2.37. The van der Waals surface area contributed by atoms with Crippen molar-refractivity contribution in [1.82, 2.24) is 14.8 Å². The number of anilines is 1. The number of piperazine rings is 1. The quantitative estimate of drug-likeness (QED) is 0.503. The van der Waals surface area contributed by atoms with Crippen LogP contribution < -0.4 is 9.64 Å². The normalized spacial score (nSPS) is 16.6. The number of hydrogen-bond donors (Lipinski definition) is 0. The highest BCUT2D eigenvalue weighted by Crippen LogP contribution is 2.34. The summed E-state index contributed by atoms with van der Waals surface area (Å²) in [6.45, 7) is 5.21. The van der Waals surface area contributed by atoms with Crippen molar-refractivity contribution in [2.24, 2.45) is 0 Å². The van der Waals surface area contributed by atoms with Crippen LogP contribution in [-0.4, -0.2) is 59.4 Å². The van der Waals surface area contributed by atoms with E-state index in [4.69, 9.17) is 9.15 Å². The van der Waals surface area contributed by atoms with E-state index in [0.29, 0.717) is 55.4 Å². The Bertz CT molecular complexity index is 1180. The topological polar surface area (TPSA) is 79.1 Å². The molecule has 0 saturated carbocycles. The first-order valence-electron chi connectivity index (χ1n) is 11.4. The first-order chi connectivity index (χ1) is 16.7. The van der Waals surface area contributed by atoms with E-state index in [1.807, 2.05) is 54.3 Å². The fourth-order valence-corrected chi connectivity index (χ4v) is 4.40. The molecule has 8 nitrogen and oxygen atoms in total. The van der Waals surface area contributed by atoms with Crippen molar-refractivity contribution in [1.29, 1.82) is 0 Å². The molecule has 1 saturated heterocycles. The van der Waals surface area contributed by atoms with Crippen molar-refractivity contribution >= 4 is 23.2 Å². The Morgan fingerprint density at radius 3 is 2.32 bits per heavy atom. The van der Waals surface area contributed by atoms with Gasteiger partial charge in [-0.2, -0.15) is 0 Å². The number of benzene rings is 1. The number of carbonyl (C=O) groups excluding carboxylic acids is 2. The Balaban J connectivity index is 1.45. The second-order valence-electron chi connectivity index (χ2n) is 8.12. The van der Waals surface area contributed by atoms with E-state index in [0.717, 1.165) is 11.6 Å². The van der Waals surface area contributed by atoms with Crippen LogP contribution in [0.5, 0.6) is 5.75 Å². The maximum absolute atomic E-state index is 13.6. The maximum Gasteiger partial charge on any atom is 0.278 e. The first-order valence-corrected chi connectivity index (χ1v) is 11.4. The molecule has 0 N–H and O–H groups in total. The fourth-order valence-electron chi connectivity index (χ4n) is 4.40. The van der Waals surface area contributed by atoms with Crippen LogP contribution in [0, 0.1) is 0 Å². The highest BCUT2D eigenvalue weighted by molar-refractivity contribution is 6.35. The highest BCUT2D eigenvalue weighted by atomic mass is 16.5. The van der Waals surface area contributed by atoms with E-state index in [1.54, 1.807) is 24.6 Å². The summed E-state index contributed by atoms with van der Waals surface area (Å²) >= 11 is 0. The number of hydrogen-bond acceptors (Lipinski definition) is 7. The molecule has 8 heteroatoms. The number of pyridine rings is 1. The largest absolute Gasteiger partial charge is 0.494 e. The van der Waals surface area contributed by atoms with Gasteiger partial charge in [-0.1, -0.05) is 18.2 Å². The average molecular weight is 459 g/mol. The van der Waals surface area contributed by atoms with Crippen LogP contribution in [0.4, 0.5) is 5.82 Å². The molecule has 174 valence electrons. The third-order valence-electron chi connectivity index (χ3n) is 6.06. The number of furan rings is 1. The van der Waals surface area contributed by atoms with Gasteiger partial charge >= 0.3 is 0 Å². The van der Waals surface area contributed by atoms with Gasteiger partial charge in [0, 0.05) is 32.4 Å². The summed E-state index contributed by atoms with van der Waals surface area (Å²) in [7, 11) is 0. The molecular formula is C26H26N4O4. The summed E-state index contributed by atoms with van der Waals surface area (Å²) in [5.74, 6) is 1.59. The summed E-state index contributed by atoms with van der Waals surface area (Å²) in [6.07, 6.45) is 3.32. The molecule has 0 radical (unpaired) electrons. The number of aromatic nitrogens is 1. The molecule has 0 bridgehead atoms. The molecule has 0 aliphatic carbocycles. The fraction of sp³-hybridized carbons (Fsp3) is 0.269. The number of nitrogens with zero attached hydrogens (tertiary/aromatic N) is 4. The Labute approximate surface area is 198 Å². The van der Waals surface area contributed by atoms with Gasteiger partial charge in [0.1, 0.15) is 23.0 Å². The Hall–Kier alpha value is -4.07. The zero-order chi connectivity index (χ0) is 23.5. The molecule has 0 unspecified atom stereocenters. The number of ether oxygens (including phenoxy) is 1. The predicted molar refractivity (Wildman–Crippen MR) is 127 cm³/mol. The molecule has 0 atom stereocenters. The van der Waals surface area contributed by atoms with E-state index < -0.39 is 0 Å². The number of imide groups is 1. The van der Waals surface area contributed by atoms with E-state index in [9.17, 15) is 9.59 Å². The number of rotatable bonds is 7. The zero-order valence-electron chi connectivity index (χ0n) is 19.0. The van der Waals surface area contributed by atoms with Crippen LogP contribution in [0.1, 0.15) is 18.2 Å². The van der Waals surface area contributed by atoms with Gasteiger partial charge < -0.3 is 19.0 Å². The van der Waals surface area contributed by atoms with Crippen LogP contribution in [-0.2, 0) is 16.1 Å². The van der Waals surface area contributed by atoms with Crippen LogP contribution >= 0.6 is 0 Å². The molecule has 2 amide bonds. The molecule has 1 fully saturated rings. The van der Waals surface area contributed by atoms with Crippen LogP contribution in [0.15, 0.2) is 77.2 Å². The number of amides is 2. The maximum atomic E-state index is 13.6.